The summed E-state index contributed by atoms with van der Waals surface area (Å²) < 4.78 is 1.98. The van der Waals surface area contributed by atoms with E-state index in [2.05, 4.69) is 5.10 Å². The molecule has 0 amide bonds. The van der Waals surface area contributed by atoms with Crippen LogP contribution in [0.3, 0.4) is 0 Å². The number of hydrogen-bond acceptors (Lipinski definition) is 2. The topological polar surface area (TPSA) is 38.0 Å². The van der Waals surface area contributed by atoms with E-state index in [0.717, 1.165) is 19.3 Å². The average molecular weight is 166 g/mol. The molecule has 1 aliphatic carbocycles. The van der Waals surface area contributed by atoms with E-state index >= 15 is 0 Å². The Labute approximate surface area is 72.0 Å². The van der Waals surface area contributed by atoms with Gasteiger partial charge in [0.15, 0.2) is 0 Å². The van der Waals surface area contributed by atoms with Crippen molar-refractivity contribution in [2.24, 2.45) is 0 Å². The first-order valence-electron chi connectivity index (χ1n) is 4.44. The van der Waals surface area contributed by atoms with Crippen molar-refractivity contribution in [1.82, 2.24) is 9.78 Å². The van der Waals surface area contributed by atoms with Crippen molar-refractivity contribution < 1.29 is 5.11 Å². The summed E-state index contributed by atoms with van der Waals surface area (Å²) in [4.78, 5) is 0. The quantitative estimate of drug-likeness (QED) is 0.682. The van der Waals surface area contributed by atoms with Crippen molar-refractivity contribution in [3.8, 4) is 0 Å². The Morgan fingerprint density at radius 2 is 2.42 bits per heavy atom. The molecule has 3 nitrogen and oxygen atoms in total. The molecule has 1 saturated carbocycles. The smallest absolute Gasteiger partial charge is 0.0561 e. The molecule has 2 rings (SSSR count). The minimum absolute atomic E-state index is 0.112. The molecule has 0 aromatic carbocycles. The van der Waals surface area contributed by atoms with Crippen LogP contribution in [0.15, 0.2) is 12.4 Å². The summed E-state index contributed by atoms with van der Waals surface area (Å²) in [7, 11) is 0. The van der Waals surface area contributed by atoms with Gasteiger partial charge in [-0.1, -0.05) is 0 Å². The lowest BCUT2D eigenvalue weighted by Gasteiger charge is -2.08. The fourth-order valence-electron chi connectivity index (χ4n) is 1.81. The van der Waals surface area contributed by atoms with Gasteiger partial charge in [0.05, 0.1) is 18.3 Å². The minimum Gasteiger partial charge on any atom is -0.393 e. The largest absolute Gasteiger partial charge is 0.393 e. The summed E-state index contributed by atoms with van der Waals surface area (Å²) in [5, 5.41) is 13.6. The minimum atomic E-state index is -0.112. The molecule has 2 atom stereocenters. The Balaban J connectivity index is 2.11. The second-order valence-corrected chi connectivity index (χ2v) is 3.62. The maximum atomic E-state index is 9.33. The Bertz CT molecular complexity index is 269. The van der Waals surface area contributed by atoms with E-state index in [1.54, 1.807) is 0 Å². The predicted molar refractivity (Wildman–Crippen MR) is 45.9 cm³/mol. The van der Waals surface area contributed by atoms with Gasteiger partial charge in [-0.3, -0.25) is 4.68 Å². The summed E-state index contributed by atoms with van der Waals surface area (Å²) >= 11 is 0. The van der Waals surface area contributed by atoms with Crippen LogP contribution < -0.4 is 0 Å². The van der Waals surface area contributed by atoms with Gasteiger partial charge in [0.1, 0.15) is 0 Å². The van der Waals surface area contributed by atoms with Crippen LogP contribution in [0.4, 0.5) is 0 Å². The molecular weight excluding hydrogens is 152 g/mol. The van der Waals surface area contributed by atoms with Crippen molar-refractivity contribution in [3.63, 3.8) is 0 Å². The van der Waals surface area contributed by atoms with E-state index in [1.807, 2.05) is 24.0 Å². The molecule has 0 bridgehead atoms. The van der Waals surface area contributed by atoms with Gasteiger partial charge in [0.25, 0.3) is 0 Å². The summed E-state index contributed by atoms with van der Waals surface area (Å²) in [5.74, 6) is 0. The third-order valence-electron chi connectivity index (χ3n) is 2.48. The van der Waals surface area contributed by atoms with Crippen molar-refractivity contribution >= 4 is 0 Å². The fourth-order valence-corrected chi connectivity index (χ4v) is 1.81. The molecule has 1 fully saturated rings. The lowest BCUT2D eigenvalue weighted by atomic mass is 10.2. The van der Waals surface area contributed by atoms with E-state index in [4.69, 9.17) is 0 Å². The zero-order chi connectivity index (χ0) is 8.55. The molecular formula is C9H14N2O. The molecule has 1 aromatic heterocycles. The van der Waals surface area contributed by atoms with Gasteiger partial charge in [-0.2, -0.15) is 5.10 Å². The highest BCUT2D eigenvalue weighted by Gasteiger charge is 2.24. The lowest BCUT2D eigenvalue weighted by molar-refractivity contribution is 0.177. The molecule has 3 heteroatoms. The van der Waals surface area contributed by atoms with Crippen LogP contribution in [0.2, 0.25) is 0 Å². The zero-order valence-corrected chi connectivity index (χ0v) is 7.27. The highest BCUT2D eigenvalue weighted by Crippen LogP contribution is 2.29. The molecule has 0 saturated heterocycles. The van der Waals surface area contributed by atoms with Gasteiger partial charge in [-0.25, -0.2) is 0 Å². The first-order valence-corrected chi connectivity index (χ1v) is 4.44. The molecule has 1 heterocycles. The third-order valence-corrected chi connectivity index (χ3v) is 2.48. The standard InChI is InChI=1S/C9H14N2O/c1-7-5-10-11(6-7)8-2-3-9(12)4-8/h5-6,8-9,12H,2-4H2,1H3/t8-,9-/m0/s1. The van der Waals surface area contributed by atoms with E-state index in [9.17, 15) is 5.11 Å². The molecule has 1 aliphatic rings. The van der Waals surface area contributed by atoms with Crippen LogP contribution in [-0.4, -0.2) is 21.0 Å². The van der Waals surface area contributed by atoms with Crippen LogP contribution in [-0.2, 0) is 0 Å². The monoisotopic (exact) mass is 166 g/mol. The zero-order valence-electron chi connectivity index (χ0n) is 7.27. The van der Waals surface area contributed by atoms with Crippen molar-refractivity contribution in [1.29, 1.82) is 0 Å². The SMILES string of the molecule is Cc1cnn([C@H]2CC[C@H](O)C2)c1. The Morgan fingerprint density at radius 1 is 1.58 bits per heavy atom. The number of aryl methyl sites for hydroxylation is 1. The maximum absolute atomic E-state index is 9.33. The van der Waals surface area contributed by atoms with Crippen LogP contribution in [0.5, 0.6) is 0 Å². The second kappa shape index (κ2) is 2.90. The van der Waals surface area contributed by atoms with Crippen LogP contribution in [0, 0.1) is 6.92 Å². The van der Waals surface area contributed by atoms with Gasteiger partial charge in [-0.15, -0.1) is 0 Å². The van der Waals surface area contributed by atoms with Crippen LogP contribution in [0.1, 0.15) is 30.9 Å². The highest BCUT2D eigenvalue weighted by atomic mass is 16.3. The van der Waals surface area contributed by atoms with Gasteiger partial charge in [0.2, 0.25) is 0 Å². The Morgan fingerprint density at radius 3 is 2.92 bits per heavy atom. The number of aliphatic hydroxyl groups is 1. The molecule has 0 spiro atoms. The molecule has 1 aromatic rings. The Hall–Kier alpha value is -0.830. The molecule has 0 radical (unpaired) electrons. The summed E-state index contributed by atoms with van der Waals surface area (Å²) in [5.41, 5.74) is 1.19. The number of aromatic nitrogens is 2. The van der Waals surface area contributed by atoms with Gasteiger partial charge < -0.3 is 5.11 Å². The number of aliphatic hydroxyl groups excluding tert-OH is 1. The number of hydrogen-bond donors (Lipinski definition) is 1. The molecule has 12 heavy (non-hydrogen) atoms. The average Bonchev–Trinajstić information content (AvgIpc) is 2.58. The van der Waals surface area contributed by atoms with Crippen molar-refractivity contribution in [3.05, 3.63) is 18.0 Å². The maximum Gasteiger partial charge on any atom is 0.0561 e. The number of nitrogens with zero attached hydrogens (tertiary/aromatic N) is 2. The molecule has 0 unspecified atom stereocenters. The van der Waals surface area contributed by atoms with E-state index in [-0.39, 0.29) is 6.10 Å². The van der Waals surface area contributed by atoms with Crippen LogP contribution >= 0.6 is 0 Å². The highest BCUT2D eigenvalue weighted by molar-refractivity contribution is 5.01. The van der Waals surface area contributed by atoms with Crippen molar-refractivity contribution in [2.75, 3.05) is 0 Å². The Kier molecular flexibility index (Phi) is 1.89. The fraction of sp³-hybridized carbons (Fsp3) is 0.667. The lowest BCUT2D eigenvalue weighted by Crippen LogP contribution is -2.07. The molecule has 1 N–H and O–H groups in total. The third kappa shape index (κ3) is 1.37. The van der Waals surface area contributed by atoms with E-state index in [1.165, 1.54) is 5.56 Å². The molecule has 0 aliphatic heterocycles. The van der Waals surface area contributed by atoms with Gasteiger partial charge in [0, 0.05) is 6.20 Å². The summed E-state index contributed by atoms with van der Waals surface area (Å²) in [6.45, 7) is 2.04. The normalized spacial score (nSPS) is 29.5. The van der Waals surface area contributed by atoms with E-state index in [0.29, 0.717) is 6.04 Å². The van der Waals surface area contributed by atoms with E-state index < -0.39 is 0 Å². The predicted octanol–water partition coefficient (Wildman–Crippen LogP) is 1.28. The number of rotatable bonds is 1. The molecule has 66 valence electrons. The van der Waals surface area contributed by atoms with Gasteiger partial charge >= 0.3 is 0 Å². The summed E-state index contributed by atoms with van der Waals surface area (Å²) in [6.07, 6.45) is 6.64. The first-order chi connectivity index (χ1) is 5.75. The summed E-state index contributed by atoms with van der Waals surface area (Å²) in [6, 6.07) is 0.425. The van der Waals surface area contributed by atoms with Crippen LogP contribution in [0.25, 0.3) is 0 Å². The van der Waals surface area contributed by atoms with Gasteiger partial charge in [-0.05, 0) is 31.7 Å². The second-order valence-electron chi connectivity index (χ2n) is 3.62. The van der Waals surface area contributed by atoms with Crippen molar-refractivity contribution in [2.45, 2.75) is 38.3 Å². The first kappa shape index (κ1) is 7.80.